The van der Waals surface area contributed by atoms with Crippen LogP contribution < -0.4 is 5.32 Å². The molecule has 0 aliphatic carbocycles. The Labute approximate surface area is 142 Å². The van der Waals surface area contributed by atoms with Gasteiger partial charge in [-0.15, -0.1) is 5.10 Å². The van der Waals surface area contributed by atoms with E-state index >= 15 is 0 Å². The van der Waals surface area contributed by atoms with Gasteiger partial charge in [0.15, 0.2) is 5.82 Å². The zero-order valence-electron chi connectivity index (χ0n) is 14.9. The second-order valence-electron chi connectivity index (χ2n) is 6.77. The van der Waals surface area contributed by atoms with Crippen LogP contribution >= 0.6 is 0 Å². The third-order valence-electron chi connectivity index (χ3n) is 3.91. The summed E-state index contributed by atoms with van der Waals surface area (Å²) < 4.78 is 1.66. The number of rotatable bonds is 8. The highest BCUT2D eigenvalue weighted by molar-refractivity contribution is 5.77. The second-order valence-corrected chi connectivity index (χ2v) is 6.77. The quantitative estimate of drug-likeness (QED) is 0.763. The summed E-state index contributed by atoms with van der Waals surface area (Å²) in [5.41, 5.74) is 1.82. The van der Waals surface area contributed by atoms with Crippen LogP contribution in [0.5, 0.6) is 0 Å². The molecule has 2 rings (SSSR count). The molecule has 2 heterocycles. The topological polar surface area (TPSA) is 92.4 Å². The summed E-state index contributed by atoms with van der Waals surface area (Å²) in [6.07, 6.45) is 1.82. The Morgan fingerprint density at radius 3 is 2.75 bits per heavy atom. The van der Waals surface area contributed by atoms with Gasteiger partial charge in [-0.2, -0.15) is 4.98 Å². The molecule has 7 nitrogen and oxygen atoms in total. The summed E-state index contributed by atoms with van der Waals surface area (Å²) in [5.74, 6) is 1.71. The van der Waals surface area contributed by atoms with Crippen LogP contribution in [0.25, 0.3) is 5.78 Å². The maximum absolute atomic E-state index is 12.2. The van der Waals surface area contributed by atoms with Crippen LogP contribution in [-0.2, 0) is 11.2 Å². The Morgan fingerprint density at radius 1 is 1.33 bits per heavy atom. The maximum Gasteiger partial charge on any atom is 0.252 e. The van der Waals surface area contributed by atoms with Crippen LogP contribution in [0.2, 0.25) is 0 Å². The van der Waals surface area contributed by atoms with Crippen LogP contribution in [0.3, 0.4) is 0 Å². The molecule has 2 N–H and O–H groups in total. The molecule has 1 amide bonds. The number of nitrogens with zero attached hydrogens (tertiary/aromatic N) is 4. The van der Waals surface area contributed by atoms with Gasteiger partial charge in [0.1, 0.15) is 0 Å². The lowest BCUT2D eigenvalue weighted by atomic mass is 9.94. The molecular weight excluding hydrogens is 306 g/mol. The van der Waals surface area contributed by atoms with Gasteiger partial charge in [-0.05, 0) is 44.6 Å². The highest BCUT2D eigenvalue weighted by Gasteiger charge is 2.15. The molecule has 0 spiro atoms. The molecule has 24 heavy (non-hydrogen) atoms. The van der Waals surface area contributed by atoms with Gasteiger partial charge in [0.05, 0.1) is 6.42 Å². The van der Waals surface area contributed by atoms with E-state index in [9.17, 15) is 4.79 Å². The number of amides is 1. The van der Waals surface area contributed by atoms with E-state index in [1.165, 1.54) is 0 Å². The molecule has 0 aromatic carbocycles. The number of aryl methyl sites for hydroxylation is 2. The number of aromatic nitrogens is 4. The number of carbonyl (C=O) groups excluding carboxylic acids is 1. The Kier molecular flexibility index (Phi) is 6.25. The van der Waals surface area contributed by atoms with Crippen molar-refractivity contribution in [2.24, 2.45) is 11.8 Å². The van der Waals surface area contributed by atoms with E-state index in [0.29, 0.717) is 36.4 Å². The van der Waals surface area contributed by atoms with Gasteiger partial charge in [-0.25, -0.2) is 9.50 Å². The number of aliphatic hydroxyl groups is 1. The van der Waals surface area contributed by atoms with Gasteiger partial charge in [0.25, 0.3) is 5.78 Å². The minimum absolute atomic E-state index is 0.105. The molecule has 0 bridgehead atoms. The summed E-state index contributed by atoms with van der Waals surface area (Å²) in [4.78, 5) is 20.8. The Balaban J connectivity index is 1.95. The van der Waals surface area contributed by atoms with E-state index in [0.717, 1.165) is 17.8 Å². The largest absolute Gasteiger partial charge is 0.396 e. The number of hydrogen-bond donors (Lipinski definition) is 2. The highest BCUT2D eigenvalue weighted by atomic mass is 16.3. The first kappa shape index (κ1) is 18.3. The average Bonchev–Trinajstić information content (AvgIpc) is 2.87. The van der Waals surface area contributed by atoms with E-state index in [2.05, 4.69) is 34.2 Å². The predicted molar refractivity (Wildman–Crippen MR) is 91.6 cm³/mol. The van der Waals surface area contributed by atoms with Gasteiger partial charge >= 0.3 is 0 Å². The van der Waals surface area contributed by atoms with Gasteiger partial charge in [-0.1, -0.05) is 13.8 Å². The van der Waals surface area contributed by atoms with E-state index in [4.69, 9.17) is 5.11 Å². The third kappa shape index (κ3) is 4.99. The second kappa shape index (κ2) is 8.19. The molecule has 0 aliphatic rings. The van der Waals surface area contributed by atoms with Crippen LogP contribution in [0, 0.1) is 25.7 Å². The average molecular weight is 333 g/mol. The molecular formula is C17H27N5O2. The molecule has 0 radical (unpaired) electrons. The molecule has 0 saturated heterocycles. The minimum atomic E-state index is -0.105. The normalized spacial score (nSPS) is 12.8. The zero-order chi connectivity index (χ0) is 17.7. The van der Waals surface area contributed by atoms with Gasteiger partial charge in [0.2, 0.25) is 5.91 Å². The lowest BCUT2D eigenvalue weighted by molar-refractivity contribution is -0.120. The van der Waals surface area contributed by atoms with Crippen molar-refractivity contribution in [3.63, 3.8) is 0 Å². The SMILES string of the molecule is Cc1cc(C)n2nc(CC(=O)NCC(CCO)CC(C)C)nc2n1. The molecule has 132 valence electrons. The minimum Gasteiger partial charge on any atom is -0.396 e. The molecule has 1 unspecified atom stereocenters. The molecule has 2 aromatic rings. The summed E-state index contributed by atoms with van der Waals surface area (Å²) >= 11 is 0. The van der Waals surface area contributed by atoms with Gasteiger partial charge in [-0.3, -0.25) is 4.79 Å². The van der Waals surface area contributed by atoms with E-state index in [1.54, 1.807) is 4.52 Å². The van der Waals surface area contributed by atoms with Crippen LogP contribution in [-0.4, -0.2) is 43.7 Å². The fourth-order valence-electron chi connectivity index (χ4n) is 2.90. The van der Waals surface area contributed by atoms with Crippen molar-refractivity contribution in [3.05, 3.63) is 23.3 Å². The number of carbonyl (C=O) groups is 1. The summed E-state index contributed by atoms with van der Waals surface area (Å²) in [6.45, 7) is 8.84. The monoisotopic (exact) mass is 333 g/mol. The smallest absolute Gasteiger partial charge is 0.252 e. The predicted octanol–water partition coefficient (Wildman–Crippen LogP) is 1.44. The maximum atomic E-state index is 12.2. The van der Waals surface area contributed by atoms with Crippen LogP contribution in [0.4, 0.5) is 0 Å². The zero-order valence-corrected chi connectivity index (χ0v) is 14.9. The fraction of sp³-hybridized carbons (Fsp3) is 0.647. The number of aliphatic hydroxyl groups excluding tert-OH is 1. The van der Waals surface area contributed by atoms with E-state index < -0.39 is 0 Å². The molecule has 0 aliphatic heterocycles. The van der Waals surface area contributed by atoms with E-state index in [1.807, 2.05) is 19.9 Å². The summed E-state index contributed by atoms with van der Waals surface area (Å²) in [7, 11) is 0. The van der Waals surface area contributed by atoms with Gasteiger partial charge < -0.3 is 10.4 Å². The lowest BCUT2D eigenvalue weighted by Gasteiger charge is -2.18. The summed E-state index contributed by atoms with van der Waals surface area (Å²) in [5, 5.41) is 16.4. The molecule has 0 saturated carbocycles. The Morgan fingerprint density at radius 2 is 2.08 bits per heavy atom. The van der Waals surface area contributed by atoms with Crippen molar-refractivity contribution < 1.29 is 9.90 Å². The molecule has 7 heteroatoms. The van der Waals surface area contributed by atoms with Crippen LogP contribution in [0.15, 0.2) is 6.07 Å². The number of hydrogen-bond acceptors (Lipinski definition) is 5. The van der Waals surface area contributed by atoms with Crippen molar-refractivity contribution >= 4 is 11.7 Å². The van der Waals surface area contributed by atoms with Gasteiger partial charge in [0, 0.05) is 24.5 Å². The highest BCUT2D eigenvalue weighted by Crippen LogP contribution is 2.14. The first-order chi connectivity index (χ1) is 11.4. The van der Waals surface area contributed by atoms with Crippen molar-refractivity contribution in [1.82, 2.24) is 24.9 Å². The molecule has 2 aromatic heterocycles. The van der Waals surface area contributed by atoms with Crippen molar-refractivity contribution in [3.8, 4) is 0 Å². The Bertz CT molecular complexity index is 696. The van der Waals surface area contributed by atoms with Crippen molar-refractivity contribution in [1.29, 1.82) is 0 Å². The third-order valence-corrected chi connectivity index (χ3v) is 3.91. The Hall–Kier alpha value is -2.02. The molecule has 1 atom stereocenters. The first-order valence-electron chi connectivity index (χ1n) is 8.46. The van der Waals surface area contributed by atoms with Crippen molar-refractivity contribution in [2.45, 2.75) is 47.0 Å². The fourth-order valence-corrected chi connectivity index (χ4v) is 2.90. The van der Waals surface area contributed by atoms with E-state index in [-0.39, 0.29) is 18.9 Å². The standard InChI is InChI=1S/C17H27N5O2/c1-11(2)7-14(5-6-23)10-18-16(24)9-15-20-17-19-12(3)8-13(4)22(17)21-15/h8,11,14,23H,5-7,9-10H2,1-4H3,(H,18,24). The van der Waals surface area contributed by atoms with Crippen LogP contribution in [0.1, 0.15) is 43.9 Å². The summed E-state index contributed by atoms with van der Waals surface area (Å²) in [6, 6.07) is 1.93. The number of nitrogens with one attached hydrogen (secondary N) is 1. The molecule has 0 fully saturated rings. The lowest BCUT2D eigenvalue weighted by Crippen LogP contribution is -2.31. The number of fused-ring (bicyclic) bond motifs is 1. The first-order valence-corrected chi connectivity index (χ1v) is 8.46. The van der Waals surface area contributed by atoms with Crippen molar-refractivity contribution in [2.75, 3.05) is 13.2 Å².